The molecule has 1 aliphatic rings. The van der Waals surface area contributed by atoms with Gasteiger partial charge in [-0.05, 0) is 19.3 Å². The molecule has 1 unspecified atom stereocenters. The molecule has 3 rings (SSSR count). The van der Waals surface area contributed by atoms with Gasteiger partial charge >= 0.3 is 0 Å². The SMILES string of the molecule is OCc1ccc(-c2cnn(C3CCCCO3)c2)c(F)c1F. The number of aliphatic hydroxyl groups excluding tert-OH is 1. The van der Waals surface area contributed by atoms with Crippen molar-refractivity contribution in [1.82, 2.24) is 9.78 Å². The topological polar surface area (TPSA) is 47.3 Å². The highest BCUT2D eigenvalue weighted by atomic mass is 19.2. The maximum atomic E-state index is 14.0. The predicted octanol–water partition coefficient (Wildman–Crippen LogP) is 3.02. The summed E-state index contributed by atoms with van der Waals surface area (Å²) < 4.78 is 35.0. The van der Waals surface area contributed by atoms with E-state index in [1.54, 1.807) is 10.9 Å². The van der Waals surface area contributed by atoms with Crippen LogP contribution >= 0.6 is 0 Å². The average Bonchev–Trinajstić information content (AvgIpc) is 3.00. The normalized spacial score (nSPS) is 18.9. The minimum absolute atomic E-state index is 0.0562. The highest BCUT2D eigenvalue weighted by Crippen LogP contribution is 2.28. The van der Waals surface area contributed by atoms with Gasteiger partial charge in [0.1, 0.15) is 6.23 Å². The first-order valence-corrected chi connectivity index (χ1v) is 6.94. The van der Waals surface area contributed by atoms with Crippen LogP contribution in [0.15, 0.2) is 24.5 Å². The lowest BCUT2D eigenvalue weighted by Gasteiger charge is -2.22. The molecule has 1 aromatic carbocycles. The minimum atomic E-state index is -1.02. The Morgan fingerprint density at radius 1 is 1.29 bits per heavy atom. The lowest BCUT2D eigenvalue weighted by atomic mass is 10.1. The molecular formula is C15H16F2N2O2. The largest absolute Gasteiger partial charge is 0.392 e. The van der Waals surface area contributed by atoms with Crippen LogP contribution < -0.4 is 0 Å². The van der Waals surface area contributed by atoms with Crippen molar-refractivity contribution in [3.05, 3.63) is 41.7 Å². The fourth-order valence-corrected chi connectivity index (χ4v) is 2.50. The molecule has 21 heavy (non-hydrogen) atoms. The number of halogens is 2. The van der Waals surface area contributed by atoms with Crippen molar-refractivity contribution in [2.45, 2.75) is 32.1 Å². The zero-order valence-corrected chi connectivity index (χ0v) is 11.4. The van der Waals surface area contributed by atoms with Crippen LogP contribution in [-0.4, -0.2) is 21.5 Å². The summed E-state index contributed by atoms with van der Waals surface area (Å²) in [5.41, 5.74) is 0.566. The van der Waals surface area contributed by atoms with E-state index in [1.165, 1.54) is 18.3 Å². The fraction of sp³-hybridized carbons (Fsp3) is 0.400. The Morgan fingerprint density at radius 3 is 2.86 bits per heavy atom. The maximum absolute atomic E-state index is 14.0. The number of ether oxygens (including phenoxy) is 1. The van der Waals surface area contributed by atoms with E-state index < -0.39 is 18.2 Å². The molecule has 1 saturated heterocycles. The highest BCUT2D eigenvalue weighted by Gasteiger charge is 2.19. The molecule has 1 N–H and O–H groups in total. The summed E-state index contributed by atoms with van der Waals surface area (Å²) in [6.45, 7) is 0.159. The minimum Gasteiger partial charge on any atom is -0.392 e. The molecule has 2 heterocycles. The molecule has 0 saturated carbocycles. The zero-order chi connectivity index (χ0) is 14.8. The molecule has 1 aromatic heterocycles. The average molecular weight is 294 g/mol. The molecule has 4 nitrogen and oxygen atoms in total. The number of rotatable bonds is 3. The van der Waals surface area contributed by atoms with Gasteiger partial charge in [-0.15, -0.1) is 0 Å². The second kappa shape index (κ2) is 5.91. The Morgan fingerprint density at radius 2 is 2.14 bits per heavy atom. The van der Waals surface area contributed by atoms with Crippen LogP contribution in [0.5, 0.6) is 0 Å². The van der Waals surface area contributed by atoms with E-state index >= 15 is 0 Å². The molecule has 0 amide bonds. The summed E-state index contributed by atoms with van der Waals surface area (Å²) in [7, 11) is 0. The van der Waals surface area contributed by atoms with Gasteiger partial charge in [-0.2, -0.15) is 5.10 Å². The van der Waals surface area contributed by atoms with E-state index in [2.05, 4.69) is 5.10 Å². The fourth-order valence-electron chi connectivity index (χ4n) is 2.50. The number of hydrogen-bond donors (Lipinski definition) is 1. The standard InChI is InChI=1S/C15H16F2N2O2/c16-14-10(9-20)4-5-12(15(14)17)11-7-18-19(8-11)13-3-1-2-6-21-13/h4-5,7-8,13,20H,1-3,6,9H2. The molecule has 0 bridgehead atoms. The first kappa shape index (κ1) is 14.2. The van der Waals surface area contributed by atoms with Crippen LogP contribution in [0.2, 0.25) is 0 Å². The molecule has 1 atom stereocenters. The van der Waals surface area contributed by atoms with Crippen molar-refractivity contribution >= 4 is 0 Å². The van der Waals surface area contributed by atoms with Crippen LogP contribution in [0.4, 0.5) is 8.78 Å². The van der Waals surface area contributed by atoms with Gasteiger partial charge in [0, 0.05) is 29.5 Å². The van der Waals surface area contributed by atoms with Gasteiger partial charge in [0.05, 0.1) is 12.8 Å². The van der Waals surface area contributed by atoms with E-state index in [9.17, 15) is 8.78 Å². The molecule has 0 radical (unpaired) electrons. The molecular weight excluding hydrogens is 278 g/mol. The van der Waals surface area contributed by atoms with Crippen LogP contribution in [0.3, 0.4) is 0 Å². The molecule has 112 valence electrons. The van der Waals surface area contributed by atoms with Gasteiger partial charge in [-0.1, -0.05) is 12.1 Å². The summed E-state index contributed by atoms with van der Waals surface area (Å²) in [6.07, 6.45) is 5.97. The van der Waals surface area contributed by atoms with Crippen molar-refractivity contribution in [2.75, 3.05) is 6.61 Å². The summed E-state index contributed by atoms with van der Waals surface area (Å²) in [6, 6.07) is 2.83. The van der Waals surface area contributed by atoms with Gasteiger partial charge in [0.15, 0.2) is 11.6 Å². The first-order chi connectivity index (χ1) is 10.2. The van der Waals surface area contributed by atoms with Crippen molar-refractivity contribution in [3.63, 3.8) is 0 Å². The smallest absolute Gasteiger partial charge is 0.167 e. The van der Waals surface area contributed by atoms with Gasteiger partial charge in [0.2, 0.25) is 0 Å². The lowest BCUT2D eigenvalue weighted by Crippen LogP contribution is -2.18. The number of nitrogens with zero attached hydrogens (tertiary/aromatic N) is 2. The van der Waals surface area contributed by atoms with E-state index in [1.807, 2.05) is 0 Å². The van der Waals surface area contributed by atoms with Gasteiger partial charge < -0.3 is 9.84 Å². The summed E-state index contributed by atoms with van der Waals surface area (Å²) in [5.74, 6) is -1.98. The number of aliphatic hydroxyl groups is 1. The first-order valence-electron chi connectivity index (χ1n) is 6.94. The molecule has 1 fully saturated rings. The van der Waals surface area contributed by atoms with E-state index in [-0.39, 0.29) is 17.4 Å². The Labute approximate surface area is 121 Å². The molecule has 6 heteroatoms. The van der Waals surface area contributed by atoms with Crippen LogP contribution in [0.1, 0.15) is 31.1 Å². The van der Waals surface area contributed by atoms with Gasteiger partial charge in [-0.25, -0.2) is 13.5 Å². The maximum Gasteiger partial charge on any atom is 0.167 e. The van der Waals surface area contributed by atoms with Crippen molar-refractivity contribution < 1.29 is 18.6 Å². The highest BCUT2D eigenvalue weighted by molar-refractivity contribution is 5.63. The van der Waals surface area contributed by atoms with Crippen LogP contribution in [0.25, 0.3) is 11.1 Å². The summed E-state index contributed by atoms with van der Waals surface area (Å²) in [5, 5.41) is 13.1. The number of hydrogen-bond acceptors (Lipinski definition) is 3. The number of benzene rings is 1. The van der Waals surface area contributed by atoms with E-state index in [0.717, 1.165) is 19.3 Å². The third-order valence-corrected chi connectivity index (χ3v) is 3.70. The second-order valence-electron chi connectivity index (χ2n) is 5.09. The van der Waals surface area contributed by atoms with Crippen molar-refractivity contribution in [1.29, 1.82) is 0 Å². The third kappa shape index (κ3) is 2.69. The Balaban J connectivity index is 1.91. The van der Waals surface area contributed by atoms with E-state index in [0.29, 0.717) is 12.2 Å². The summed E-state index contributed by atoms with van der Waals surface area (Å²) in [4.78, 5) is 0. The Bertz CT molecular complexity index is 637. The monoisotopic (exact) mass is 294 g/mol. The molecule has 2 aromatic rings. The number of aromatic nitrogens is 2. The third-order valence-electron chi connectivity index (χ3n) is 3.70. The summed E-state index contributed by atoms with van der Waals surface area (Å²) >= 11 is 0. The Hall–Kier alpha value is -1.79. The quantitative estimate of drug-likeness (QED) is 0.946. The van der Waals surface area contributed by atoms with Crippen LogP contribution in [0, 0.1) is 11.6 Å². The zero-order valence-electron chi connectivity index (χ0n) is 11.4. The predicted molar refractivity (Wildman–Crippen MR) is 72.3 cm³/mol. The molecule has 0 spiro atoms. The molecule has 1 aliphatic heterocycles. The van der Waals surface area contributed by atoms with Crippen molar-refractivity contribution in [2.24, 2.45) is 0 Å². The van der Waals surface area contributed by atoms with Crippen LogP contribution in [-0.2, 0) is 11.3 Å². The van der Waals surface area contributed by atoms with Crippen molar-refractivity contribution in [3.8, 4) is 11.1 Å². The molecule has 0 aliphatic carbocycles. The lowest BCUT2D eigenvalue weighted by molar-refractivity contribution is -0.0394. The Kier molecular flexibility index (Phi) is 3.98. The van der Waals surface area contributed by atoms with Gasteiger partial charge in [0.25, 0.3) is 0 Å². The van der Waals surface area contributed by atoms with Gasteiger partial charge in [-0.3, -0.25) is 0 Å². The van der Waals surface area contributed by atoms with E-state index in [4.69, 9.17) is 9.84 Å². The second-order valence-corrected chi connectivity index (χ2v) is 5.09.